The number of aromatic nitrogens is 1. The average Bonchev–Trinajstić information content (AvgIpc) is 2.70. The third-order valence-corrected chi connectivity index (χ3v) is 5.48. The Hall–Kier alpha value is -3.01. The Balaban J connectivity index is 1.88. The van der Waals surface area contributed by atoms with Crippen molar-refractivity contribution in [1.82, 2.24) is 4.98 Å². The molecule has 0 saturated heterocycles. The van der Waals surface area contributed by atoms with Gasteiger partial charge in [0.2, 0.25) is 11.5 Å². The molecule has 0 saturated carbocycles. The predicted octanol–water partition coefficient (Wildman–Crippen LogP) is 3.89. The van der Waals surface area contributed by atoms with Gasteiger partial charge in [0.1, 0.15) is 17.2 Å². The SMILES string of the molecule is [2H]C([2H])([2H])Oc1ccc(C(=O)Cc2ccc(F)c([C@]3(C)CO[C@@](C)(C(F)(F)F)C(N)=N3)c2)c(C)n1. The fourth-order valence-corrected chi connectivity index (χ4v) is 3.39. The molecule has 0 amide bonds. The van der Waals surface area contributed by atoms with Crippen LogP contribution < -0.4 is 10.5 Å². The number of alkyl halides is 3. The Morgan fingerprint density at radius 1 is 1.31 bits per heavy atom. The molecule has 1 aromatic heterocycles. The van der Waals surface area contributed by atoms with Gasteiger partial charge in [-0.2, -0.15) is 13.2 Å². The zero-order valence-electron chi connectivity index (χ0n) is 20.5. The minimum Gasteiger partial charge on any atom is -0.481 e. The summed E-state index contributed by atoms with van der Waals surface area (Å²) in [5.74, 6) is -2.15. The van der Waals surface area contributed by atoms with E-state index in [2.05, 4.69) is 9.98 Å². The molecule has 172 valence electrons. The lowest BCUT2D eigenvalue weighted by Crippen LogP contribution is -2.60. The molecule has 0 aliphatic carbocycles. The van der Waals surface area contributed by atoms with Gasteiger partial charge < -0.3 is 15.2 Å². The molecule has 3 rings (SSSR count). The van der Waals surface area contributed by atoms with Gasteiger partial charge in [0.25, 0.3) is 0 Å². The van der Waals surface area contributed by atoms with Crippen LogP contribution in [-0.4, -0.2) is 42.0 Å². The molecule has 0 bridgehead atoms. The second kappa shape index (κ2) is 8.16. The van der Waals surface area contributed by atoms with Crippen LogP contribution in [0.25, 0.3) is 0 Å². The molecule has 0 unspecified atom stereocenters. The first-order valence-electron chi connectivity index (χ1n) is 11.0. The lowest BCUT2D eigenvalue weighted by atomic mass is 9.88. The Morgan fingerprint density at radius 3 is 2.62 bits per heavy atom. The van der Waals surface area contributed by atoms with Crippen LogP contribution in [0.1, 0.15) is 45.1 Å². The zero-order valence-corrected chi connectivity index (χ0v) is 17.5. The molecule has 2 N–H and O–H groups in total. The number of halogens is 4. The minimum absolute atomic E-state index is 0.0775. The summed E-state index contributed by atoms with van der Waals surface area (Å²) in [5.41, 5.74) is 1.97. The van der Waals surface area contributed by atoms with Gasteiger partial charge >= 0.3 is 6.18 Å². The van der Waals surface area contributed by atoms with Gasteiger partial charge in [-0.1, -0.05) is 6.07 Å². The number of aryl methyl sites for hydroxylation is 1. The van der Waals surface area contributed by atoms with Crippen LogP contribution in [0, 0.1) is 12.7 Å². The number of benzene rings is 1. The molecule has 0 radical (unpaired) electrons. The molecule has 2 aromatic rings. The molecule has 6 nitrogen and oxygen atoms in total. The van der Waals surface area contributed by atoms with Gasteiger partial charge in [0.05, 0.1) is 23.5 Å². The monoisotopic (exact) mass is 456 g/mol. The van der Waals surface area contributed by atoms with Gasteiger partial charge in [-0.05, 0) is 44.5 Å². The molecule has 2 atom stereocenters. The summed E-state index contributed by atoms with van der Waals surface area (Å²) in [6, 6.07) is 6.41. The Morgan fingerprint density at radius 2 is 2.03 bits per heavy atom. The van der Waals surface area contributed by atoms with E-state index in [0.29, 0.717) is 5.56 Å². The number of hydrogen-bond donors (Lipinski definition) is 1. The van der Waals surface area contributed by atoms with Crippen molar-refractivity contribution in [2.75, 3.05) is 13.6 Å². The standard InChI is InChI=1S/C22H23F4N3O3/c1-12-14(6-8-18(28-12)31-4)17(30)10-13-5-7-16(23)15(9-13)20(2)11-32-21(3,19(27)29-20)22(24,25)26/h5-9H,10-11H2,1-4H3,(H2,27,29)/t20-,21+/m0/s1/i4D3. The van der Waals surface area contributed by atoms with Gasteiger partial charge in [0, 0.05) is 23.6 Å². The highest BCUT2D eigenvalue weighted by Crippen LogP contribution is 2.41. The van der Waals surface area contributed by atoms with E-state index in [1.807, 2.05) is 0 Å². The number of ether oxygens (including phenoxy) is 2. The Labute approximate surface area is 186 Å². The van der Waals surface area contributed by atoms with Crippen molar-refractivity contribution in [3.05, 3.63) is 58.5 Å². The van der Waals surface area contributed by atoms with Gasteiger partial charge in [-0.25, -0.2) is 9.37 Å². The van der Waals surface area contributed by atoms with E-state index >= 15 is 0 Å². The van der Waals surface area contributed by atoms with Crippen molar-refractivity contribution >= 4 is 11.6 Å². The molecule has 2 heterocycles. The number of pyridine rings is 1. The van der Waals surface area contributed by atoms with Crippen molar-refractivity contribution in [2.24, 2.45) is 10.7 Å². The summed E-state index contributed by atoms with van der Waals surface area (Å²) in [6.45, 7) is 3.05. The van der Waals surface area contributed by atoms with E-state index in [9.17, 15) is 22.4 Å². The molecule has 10 heteroatoms. The van der Waals surface area contributed by atoms with Gasteiger partial charge in [0.15, 0.2) is 5.78 Å². The number of ketones is 1. The maximum Gasteiger partial charge on any atom is 0.424 e. The first-order chi connectivity index (χ1) is 15.9. The number of nitrogens with zero attached hydrogens (tertiary/aromatic N) is 2. The van der Waals surface area contributed by atoms with Crippen LogP contribution >= 0.6 is 0 Å². The third kappa shape index (κ3) is 4.19. The largest absolute Gasteiger partial charge is 0.481 e. The molecule has 0 spiro atoms. The zero-order chi connectivity index (χ0) is 26.4. The highest BCUT2D eigenvalue weighted by molar-refractivity contribution is 5.98. The molecular weight excluding hydrogens is 430 g/mol. The summed E-state index contributed by atoms with van der Waals surface area (Å²) >= 11 is 0. The van der Waals surface area contributed by atoms with E-state index < -0.39 is 48.4 Å². The number of hydrogen-bond acceptors (Lipinski definition) is 6. The summed E-state index contributed by atoms with van der Waals surface area (Å²) in [6.07, 6.45) is -5.00. The molecule has 1 aliphatic heterocycles. The first kappa shape index (κ1) is 19.7. The quantitative estimate of drug-likeness (QED) is 0.545. The second-order valence-corrected chi connectivity index (χ2v) is 7.89. The number of amidine groups is 1. The van der Waals surface area contributed by atoms with Crippen LogP contribution in [0.4, 0.5) is 17.6 Å². The number of nitrogens with two attached hydrogens (primary N) is 1. The summed E-state index contributed by atoms with van der Waals surface area (Å²) in [7, 11) is -2.70. The lowest BCUT2D eigenvalue weighted by Gasteiger charge is -2.41. The number of rotatable bonds is 5. The van der Waals surface area contributed by atoms with Crippen LogP contribution in [0.3, 0.4) is 0 Å². The third-order valence-electron chi connectivity index (χ3n) is 5.48. The van der Waals surface area contributed by atoms with E-state index in [0.717, 1.165) is 13.0 Å². The second-order valence-electron chi connectivity index (χ2n) is 7.89. The highest BCUT2D eigenvalue weighted by Gasteiger charge is 2.59. The Kier molecular flexibility index (Phi) is 5.01. The summed E-state index contributed by atoms with van der Waals surface area (Å²) < 4.78 is 86.0. The van der Waals surface area contributed by atoms with Crippen molar-refractivity contribution in [3.63, 3.8) is 0 Å². The minimum atomic E-state index is -4.81. The highest BCUT2D eigenvalue weighted by atomic mass is 19.4. The van der Waals surface area contributed by atoms with E-state index in [1.165, 1.54) is 38.1 Å². The van der Waals surface area contributed by atoms with Gasteiger partial charge in [-0.15, -0.1) is 0 Å². The molecule has 32 heavy (non-hydrogen) atoms. The number of methoxy groups -OCH3 is 1. The summed E-state index contributed by atoms with van der Waals surface area (Å²) in [4.78, 5) is 20.8. The normalized spacial score (nSPS) is 25.3. The molecular formula is C22H23F4N3O3. The number of aliphatic imine (C=N–C) groups is 1. The molecule has 1 aliphatic rings. The van der Waals surface area contributed by atoms with Crippen molar-refractivity contribution in [1.29, 1.82) is 0 Å². The smallest absolute Gasteiger partial charge is 0.424 e. The molecule has 1 aromatic carbocycles. The maximum absolute atomic E-state index is 14.7. The Bertz CT molecular complexity index is 1190. The number of carbonyl (C=O) groups is 1. The summed E-state index contributed by atoms with van der Waals surface area (Å²) in [5, 5.41) is 0. The fraction of sp³-hybridized carbons (Fsp3) is 0.409. The van der Waals surface area contributed by atoms with Crippen LogP contribution in [0.5, 0.6) is 5.88 Å². The topological polar surface area (TPSA) is 86.8 Å². The van der Waals surface area contributed by atoms with Crippen LogP contribution in [-0.2, 0) is 16.7 Å². The first-order valence-corrected chi connectivity index (χ1v) is 9.50. The number of Topliss-reactive ketones (excluding diaryl/α,β-unsaturated/α-hetero) is 1. The van der Waals surface area contributed by atoms with Crippen molar-refractivity contribution in [3.8, 4) is 5.88 Å². The van der Waals surface area contributed by atoms with Gasteiger partial charge in [-0.3, -0.25) is 9.79 Å². The van der Waals surface area contributed by atoms with E-state index in [-0.39, 0.29) is 29.1 Å². The van der Waals surface area contributed by atoms with E-state index in [4.69, 9.17) is 19.3 Å². The van der Waals surface area contributed by atoms with Crippen molar-refractivity contribution in [2.45, 2.75) is 44.5 Å². The fourth-order valence-electron chi connectivity index (χ4n) is 3.39. The maximum atomic E-state index is 14.7. The average molecular weight is 456 g/mol. The van der Waals surface area contributed by atoms with Crippen LogP contribution in [0.2, 0.25) is 0 Å². The predicted molar refractivity (Wildman–Crippen MR) is 109 cm³/mol. The number of carbonyl (C=O) groups excluding carboxylic acids is 1. The lowest BCUT2D eigenvalue weighted by molar-refractivity contribution is -0.249. The van der Waals surface area contributed by atoms with Crippen LogP contribution in [0.15, 0.2) is 35.3 Å². The molecule has 0 fully saturated rings. The van der Waals surface area contributed by atoms with E-state index in [1.54, 1.807) is 0 Å². The van der Waals surface area contributed by atoms with Crippen molar-refractivity contribution < 1.29 is 35.9 Å².